The lowest BCUT2D eigenvalue weighted by Crippen LogP contribution is -2.52. The number of imide groups is 1. The van der Waals surface area contributed by atoms with Gasteiger partial charge in [0, 0.05) is 17.4 Å². The number of thiazole rings is 1. The number of rotatable bonds is 4. The van der Waals surface area contributed by atoms with E-state index in [-0.39, 0.29) is 29.7 Å². The fraction of sp³-hybridized carbons (Fsp3) is 0.320. The number of allylic oxidation sites excluding steroid dienone is 3. The van der Waals surface area contributed by atoms with E-state index in [0.29, 0.717) is 16.4 Å². The number of carbonyl (C=O) groups is 3. The lowest BCUT2D eigenvalue weighted by atomic mass is 9.85. The molecule has 4 rings (SSSR count). The number of hydrogen-bond acceptors (Lipinski definition) is 5. The Morgan fingerprint density at radius 3 is 2.58 bits per heavy atom. The summed E-state index contributed by atoms with van der Waals surface area (Å²) in [5.41, 5.74) is 4.35. The van der Waals surface area contributed by atoms with Gasteiger partial charge in [-0.1, -0.05) is 57.2 Å². The molecular weight excluding hydrogens is 436 g/mol. The first-order chi connectivity index (χ1) is 15.6. The molecule has 1 N–H and O–H groups in total. The van der Waals surface area contributed by atoms with Crippen LogP contribution in [0.5, 0.6) is 0 Å². The number of fused-ring (bicyclic) bond motifs is 1. The van der Waals surface area contributed by atoms with Crippen LogP contribution in [0.2, 0.25) is 0 Å². The summed E-state index contributed by atoms with van der Waals surface area (Å²) in [5.74, 6) is -1.22. The minimum Gasteiger partial charge on any atom is -0.302 e. The first-order valence-corrected chi connectivity index (χ1v) is 11.6. The van der Waals surface area contributed by atoms with E-state index < -0.39 is 5.92 Å². The van der Waals surface area contributed by atoms with E-state index in [9.17, 15) is 14.4 Å². The maximum Gasteiger partial charge on any atom is 0.500 e. The molecule has 0 spiro atoms. The van der Waals surface area contributed by atoms with E-state index in [1.54, 1.807) is 25.3 Å². The van der Waals surface area contributed by atoms with Crippen LogP contribution in [-0.4, -0.2) is 52.1 Å². The highest BCUT2D eigenvalue weighted by Gasteiger charge is 2.46. The number of amides is 4. The predicted molar refractivity (Wildman–Crippen MR) is 130 cm³/mol. The zero-order valence-corrected chi connectivity index (χ0v) is 20.2. The number of anilines is 1. The minimum atomic E-state index is -0.637. The molecular formula is C25H27N4O3S+. The third-order valence-electron chi connectivity index (χ3n) is 5.94. The van der Waals surface area contributed by atoms with Gasteiger partial charge in [-0.25, -0.2) is 9.78 Å². The van der Waals surface area contributed by atoms with Gasteiger partial charge in [0.1, 0.15) is 11.6 Å². The molecule has 2 heterocycles. The molecule has 1 aliphatic carbocycles. The summed E-state index contributed by atoms with van der Waals surface area (Å²) in [6.07, 6.45) is 5.31. The van der Waals surface area contributed by atoms with Crippen LogP contribution in [0.4, 0.5) is 9.93 Å². The molecule has 1 unspecified atom stereocenters. The molecule has 0 radical (unpaired) electrons. The summed E-state index contributed by atoms with van der Waals surface area (Å²) < 4.78 is 1.45. The highest BCUT2D eigenvalue weighted by molar-refractivity contribution is 7.14. The van der Waals surface area contributed by atoms with Crippen LogP contribution in [0, 0.1) is 5.92 Å². The highest BCUT2D eigenvalue weighted by atomic mass is 32.1. The number of benzene rings is 1. The molecule has 0 bridgehead atoms. The smallest absolute Gasteiger partial charge is 0.302 e. The molecule has 1 aromatic carbocycles. The first-order valence-electron chi connectivity index (χ1n) is 10.7. The third-order valence-corrected chi connectivity index (χ3v) is 6.70. The summed E-state index contributed by atoms with van der Waals surface area (Å²) in [7, 11) is 3.09. The van der Waals surface area contributed by atoms with Gasteiger partial charge in [0.25, 0.3) is 0 Å². The first kappa shape index (κ1) is 22.8. The Bertz CT molecular complexity index is 1230. The van der Waals surface area contributed by atoms with E-state index in [0.717, 1.165) is 16.2 Å². The molecule has 2 aliphatic rings. The van der Waals surface area contributed by atoms with Crippen molar-refractivity contribution in [1.29, 1.82) is 0 Å². The molecule has 1 aromatic heterocycles. The standard InChI is InChI=1S/C25H26N4O3S/c1-25(2,3)17-11-9-15(10-12-17)18-14-33-23(26-18)27-20(30)13-16-7-6-8-19-21(16)22(31)29(5)24(32)28(19)4/h6-12,14,21H,13H2,1-5H3/p+1. The van der Waals surface area contributed by atoms with Crippen LogP contribution < -0.4 is 5.32 Å². The van der Waals surface area contributed by atoms with Gasteiger partial charge in [-0.05, 0) is 22.6 Å². The van der Waals surface area contributed by atoms with E-state index in [4.69, 9.17) is 0 Å². The zero-order valence-electron chi connectivity index (χ0n) is 19.4. The van der Waals surface area contributed by atoms with Crippen molar-refractivity contribution in [2.24, 2.45) is 5.92 Å². The quantitative estimate of drug-likeness (QED) is 0.688. The topological polar surface area (TPSA) is 82.4 Å². The van der Waals surface area contributed by atoms with Gasteiger partial charge in [-0.15, -0.1) is 11.3 Å². The predicted octanol–water partition coefficient (Wildman–Crippen LogP) is 4.22. The monoisotopic (exact) mass is 463 g/mol. The molecule has 0 saturated heterocycles. The highest BCUT2D eigenvalue weighted by Crippen LogP contribution is 2.30. The van der Waals surface area contributed by atoms with Gasteiger partial charge >= 0.3 is 11.9 Å². The summed E-state index contributed by atoms with van der Waals surface area (Å²) in [6.45, 7) is 6.52. The zero-order chi connectivity index (χ0) is 23.9. The second-order valence-corrected chi connectivity index (χ2v) is 10.1. The maximum atomic E-state index is 12.8. The minimum absolute atomic E-state index is 0.0370. The van der Waals surface area contributed by atoms with Crippen molar-refractivity contribution in [2.75, 3.05) is 19.4 Å². The molecule has 0 fully saturated rings. The van der Waals surface area contributed by atoms with Gasteiger partial charge in [-0.2, -0.15) is 14.3 Å². The number of aromatic nitrogens is 1. The summed E-state index contributed by atoms with van der Waals surface area (Å²) in [4.78, 5) is 43.4. The van der Waals surface area contributed by atoms with Gasteiger partial charge in [0.15, 0.2) is 5.13 Å². The molecule has 4 amide bonds. The van der Waals surface area contributed by atoms with Crippen LogP contribution in [-0.2, 0) is 15.0 Å². The summed E-state index contributed by atoms with van der Waals surface area (Å²) >= 11 is 1.36. The van der Waals surface area contributed by atoms with Crippen molar-refractivity contribution < 1.29 is 19.0 Å². The largest absolute Gasteiger partial charge is 0.500 e. The Kier molecular flexibility index (Phi) is 5.88. The fourth-order valence-electron chi connectivity index (χ4n) is 3.98. The normalized spacial score (nSPS) is 18.4. The molecule has 33 heavy (non-hydrogen) atoms. The van der Waals surface area contributed by atoms with Crippen molar-refractivity contribution in [1.82, 2.24) is 9.88 Å². The van der Waals surface area contributed by atoms with Gasteiger partial charge in [-0.3, -0.25) is 4.79 Å². The molecule has 1 atom stereocenters. The van der Waals surface area contributed by atoms with Gasteiger partial charge in [0.2, 0.25) is 5.91 Å². The second-order valence-electron chi connectivity index (χ2n) is 9.29. The van der Waals surface area contributed by atoms with E-state index in [1.165, 1.54) is 28.5 Å². The van der Waals surface area contributed by atoms with Crippen molar-refractivity contribution in [3.63, 3.8) is 0 Å². The van der Waals surface area contributed by atoms with Crippen molar-refractivity contribution in [3.8, 4) is 11.3 Å². The van der Waals surface area contributed by atoms with Crippen molar-refractivity contribution in [3.05, 3.63) is 59.0 Å². The Hall–Kier alpha value is -3.39. The van der Waals surface area contributed by atoms with Gasteiger partial charge in [0.05, 0.1) is 19.8 Å². The molecule has 0 saturated carbocycles. The average molecular weight is 464 g/mol. The number of nitrogens with one attached hydrogen (secondary N) is 1. The summed E-state index contributed by atoms with van der Waals surface area (Å²) in [6, 6.07) is 7.91. The molecule has 1 aliphatic heterocycles. The van der Waals surface area contributed by atoms with Crippen molar-refractivity contribution in [2.45, 2.75) is 32.6 Å². The Balaban J connectivity index is 1.46. The molecule has 2 aromatic rings. The number of nitrogens with zero attached hydrogens (tertiary/aromatic N) is 3. The van der Waals surface area contributed by atoms with Crippen molar-refractivity contribution >= 4 is 40.0 Å². The lowest BCUT2D eigenvalue weighted by Gasteiger charge is -2.27. The number of hydrogen-bond donors (Lipinski definition) is 1. The van der Waals surface area contributed by atoms with Crippen LogP contribution in [0.3, 0.4) is 0 Å². The van der Waals surface area contributed by atoms with E-state index in [2.05, 4.69) is 43.2 Å². The van der Waals surface area contributed by atoms with Crippen LogP contribution in [0.15, 0.2) is 53.4 Å². The lowest BCUT2D eigenvalue weighted by molar-refractivity contribution is -0.405. The molecule has 7 nitrogen and oxygen atoms in total. The Labute approximate surface area is 197 Å². The third kappa shape index (κ3) is 4.43. The number of carbonyl (C=O) groups excluding carboxylic acids is 3. The van der Waals surface area contributed by atoms with E-state index in [1.807, 2.05) is 17.5 Å². The Morgan fingerprint density at radius 1 is 1.21 bits per heavy atom. The van der Waals surface area contributed by atoms with E-state index >= 15 is 0 Å². The molecule has 170 valence electrons. The SMILES string of the molecule is CN1C(=O)C2C(CC(=O)Nc3nc(-c4ccc(C(C)(C)C)cc4)cs3)=CC=CC2=[N+](C)C1=O. The second kappa shape index (κ2) is 8.51. The van der Waals surface area contributed by atoms with Crippen LogP contribution in [0.1, 0.15) is 32.8 Å². The average Bonchev–Trinajstić information content (AvgIpc) is 3.23. The Morgan fingerprint density at radius 2 is 1.91 bits per heavy atom. The fourth-order valence-corrected chi connectivity index (χ4v) is 4.72. The van der Waals surface area contributed by atoms with Crippen LogP contribution >= 0.6 is 11.3 Å². The summed E-state index contributed by atoms with van der Waals surface area (Å²) in [5, 5.41) is 5.26. The number of urea groups is 1. The van der Waals surface area contributed by atoms with Gasteiger partial charge < -0.3 is 5.32 Å². The maximum absolute atomic E-state index is 12.8. The molecule has 8 heteroatoms. The van der Waals surface area contributed by atoms with Crippen LogP contribution in [0.25, 0.3) is 11.3 Å².